The van der Waals surface area contributed by atoms with E-state index in [-0.39, 0.29) is 0 Å². The first kappa shape index (κ1) is 20.7. The van der Waals surface area contributed by atoms with Crippen LogP contribution < -0.4 is 0 Å². The van der Waals surface area contributed by atoms with E-state index in [2.05, 4.69) is 45.8 Å². The fourth-order valence-electron chi connectivity index (χ4n) is 2.54. The Morgan fingerprint density at radius 1 is 1.09 bits per heavy atom. The van der Waals surface area contributed by atoms with E-state index in [0.29, 0.717) is 6.10 Å². The van der Waals surface area contributed by atoms with Crippen LogP contribution >= 0.6 is 0 Å². The van der Waals surface area contributed by atoms with Gasteiger partial charge in [-0.3, -0.25) is 0 Å². The molecule has 5 nitrogen and oxygen atoms in total. The molecule has 0 amide bonds. The summed E-state index contributed by atoms with van der Waals surface area (Å²) in [5, 5.41) is 0. The molecule has 0 N–H and O–H groups in total. The van der Waals surface area contributed by atoms with E-state index in [1.807, 2.05) is 0 Å². The Balaban J connectivity index is 2.48. The highest BCUT2D eigenvalue weighted by molar-refractivity contribution is 6.87. The molecule has 2 atom stereocenters. The predicted octanol–water partition coefficient (Wildman–Crippen LogP) is 2.58. The second-order valence-electron chi connectivity index (χ2n) is 7.42. The van der Waals surface area contributed by atoms with Crippen LogP contribution in [-0.4, -0.2) is 61.1 Å². The average molecular weight is 383 g/mol. The van der Waals surface area contributed by atoms with Crippen molar-refractivity contribution in [2.75, 3.05) is 19.8 Å². The van der Waals surface area contributed by atoms with Crippen molar-refractivity contribution in [3.8, 4) is 0 Å². The van der Waals surface area contributed by atoms with Crippen molar-refractivity contribution >= 4 is 35.2 Å². The molecule has 0 bridgehead atoms. The highest BCUT2D eigenvalue weighted by Crippen LogP contribution is 2.26. The lowest BCUT2D eigenvalue weighted by Crippen LogP contribution is -2.54. The van der Waals surface area contributed by atoms with E-state index < -0.39 is 35.2 Å². The largest absolute Gasteiger partial charge is 0.442 e. The quantitative estimate of drug-likeness (QED) is 0.295. The molecule has 0 aliphatic carbocycles. The van der Waals surface area contributed by atoms with Crippen LogP contribution in [0.2, 0.25) is 51.9 Å². The van der Waals surface area contributed by atoms with E-state index in [1.54, 1.807) is 0 Å². The molecule has 0 spiro atoms. The molecular weight excluding hydrogens is 348 g/mol. The van der Waals surface area contributed by atoms with Crippen LogP contribution in [-0.2, 0) is 21.8 Å². The Bertz CT molecular complexity index is 333. The maximum atomic E-state index is 6.50. The fourth-order valence-corrected chi connectivity index (χ4v) is 17.6. The van der Waals surface area contributed by atoms with E-state index in [4.69, 9.17) is 21.8 Å². The first-order valence-corrected chi connectivity index (χ1v) is 19.0. The van der Waals surface area contributed by atoms with Gasteiger partial charge in [-0.15, -0.1) is 0 Å². The van der Waals surface area contributed by atoms with Crippen molar-refractivity contribution in [1.82, 2.24) is 0 Å². The first-order valence-electron chi connectivity index (χ1n) is 8.29. The van der Waals surface area contributed by atoms with Crippen LogP contribution in [0.5, 0.6) is 0 Å². The highest BCUT2D eigenvalue weighted by Gasteiger charge is 2.42. The molecule has 1 fully saturated rings. The molecule has 132 valence electrons. The van der Waals surface area contributed by atoms with Gasteiger partial charge in [-0.25, -0.2) is 0 Å². The zero-order valence-corrected chi connectivity index (χ0v) is 19.8. The van der Waals surface area contributed by atoms with Crippen LogP contribution in [0.25, 0.3) is 0 Å². The third-order valence-electron chi connectivity index (χ3n) is 3.10. The van der Waals surface area contributed by atoms with Gasteiger partial charge in [0.15, 0.2) is 8.32 Å². The number of rotatable bonds is 12. The van der Waals surface area contributed by atoms with Crippen LogP contribution in [0.1, 0.15) is 6.42 Å². The summed E-state index contributed by atoms with van der Waals surface area (Å²) in [7, 11) is -6.36. The van der Waals surface area contributed by atoms with Crippen molar-refractivity contribution in [2.24, 2.45) is 0 Å². The van der Waals surface area contributed by atoms with Gasteiger partial charge >= 0.3 is 17.1 Å². The molecule has 1 saturated heterocycles. The monoisotopic (exact) mass is 382 g/mol. The van der Waals surface area contributed by atoms with Crippen molar-refractivity contribution in [2.45, 2.75) is 64.4 Å². The number of epoxide rings is 1. The molecule has 0 aromatic heterocycles. The smallest absolute Gasteiger partial charge is 0.315 e. The second-order valence-corrected chi connectivity index (χ2v) is 20.6. The average Bonchev–Trinajstić information content (AvgIpc) is 3.08. The van der Waals surface area contributed by atoms with E-state index in [1.165, 1.54) is 0 Å². The standard InChI is InChI=1S/C13H34O5Si4/c1-19-16-21(5,6)18-22(7,17-20(2,3)4)10-8-9-14-11-13-12-15-13/h13H,8-12,19H2,1-7H3. The fraction of sp³-hybridized carbons (Fsp3) is 1.00. The minimum Gasteiger partial charge on any atom is -0.442 e. The molecule has 0 aromatic carbocycles. The Labute approximate surface area is 141 Å². The summed E-state index contributed by atoms with van der Waals surface area (Å²) < 4.78 is 29.8. The normalized spacial score (nSPS) is 22.2. The molecule has 9 heteroatoms. The molecule has 1 aliphatic heterocycles. The maximum absolute atomic E-state index is 6.50. The van der Waals surface area contributed by atoms with Gasteiger partial charge in [0.25, 0.3) is 0 Å². The summed E-state index contributed by atoms with van der Waals surface area (Å²) in [5.74, 6) is 0. The summed E-state index contributed by atoms with van der Waals surface area (Å²) in [4.78, 5) is 0. The minimum atomic E-state index is -2.21. The Morgan fingerprint density at radius 2 is 1.73 bits per heavy atom. The molecular formula is C13H34O5Si4. The molecule has 2 unspecified atom stereocenters. The summed E-state index contributed by atoms with van der Waals surface area (Å²) in [6, 6.07) is 0.966. The predicted molar refractivity (Wildman–Crippen MR) is 100 cm³/mol. The maximum Gasteiger partial charge on any atom is 0.315 e. The van der Waals surface area contributed by atoms with Gasteiger partial charge in [-0.2, -0.15) is 0 Å². The Morgan fingerprint density at radius 3 is 2.23 bits per heavy atom. The van der Waals surface area contributed by atoms with E-state index >= 15 is 0 Å². The van der Waals surface area contributed by atoms with Crippen molar-refractivity contribution < 1.29 is 21.8 Å². The number of hydrogen-bond donors (Lipinski definition) is 0. The molecule has 0 radical (unpaired) electrons. The molecule has 22 heavy (non-hydrogen) atoms. The van der Waals surface area contributed by atoms with Gasteiger partial charge in [-0.1, -0.05) is 6.55 Å². The van der Waals surface area contributed by atoms with Crippen LogP contribution in [0.3, 0.4) is 0 Å². The van der Waals surface area contributed by atoms with E-state index in [0.717, 1.165) is 32.3 Å². The third kappa shape index (κ3) is 9.73. The molecule has 1 rings (SSSR count). The van der Waals surface area contributed by atoms with Gasteiger partial charge in [0, 0.05) is 6.61 Å². The second kappa shape index (κ2) is 8.67. The lowest BCUT2D eigenvalue weighted by atomic mass is 10.5. The third-order valence-corrected chi connectivity index (χ3v) is 16.2. The van der Waals surface area contributed by atoms with Gasteiger partial charge < -0.3 is 21.8 Å². The first-order chi connectivity index (χ1) is 10.1. The van der Waals surface area contributed by atoms with Crippen LogP contribution in [0.15, 0.2) is 0 Å². The summed E-state index contributed by atoms with van der Waals surface area (Å²) in [5.41, 5.74) is 0. The van der Waals surface area contributed by atoms with Crippen molar-refractivity contribution in [1.29, 1.82) is 0 Å². The lowest BCUT2D eigenvalue weighted by Gasteiger charge is -2.39. The minimum absolute atomic E-state index is 0.340. The molecule has 1 heterocycles. The summed E-state index contributed by atoms with van der Waals surface area (Å²) in [6.45, 7) is 17.7. The van der Waals surface area contributed by atoms with E-state index in [9.17, 15) is 0 Å². The zero-order valence-electron chi connectivity index (χ0n) is 15.4. The topological polar surface area (TPSA) is 49.5 Å². The van der Waals surface area contributed by atoms with Gasteiger partial charge in [-0.05, 0) is 51.7 Å². The number of hydrogen-bond acceptors (Lipinski definition) is 5. The summed E-state index contributed by atoms with van der Waals surface area (Å²) in [6.07, 6.45) is 1.32. The summed E-state index contributed by atoms with van der Waals surface area (Å²) >= 11 is 0. The SMILES string of the molecule is C[SiH2]O[Si](C)(C)O[Si](C)(CCCOCC1CO1)O[Si](C)(C)C. The number of ether oxygens (including phenoxy) is 2. The molecule has 1 aliphatic rings. The highest BCUT2D eigenvalue weighted by atomic mass is 28.5. The molecule has 0 saturated carbocycles. The lowest BCUT2D eigenvalue weighted by molar-refractivity contribution is 0.115. The van der Waals surface area contributed by atoms with Gasteiger partial charge in [0.05, 0.1) is 13.2 Å². The van der Waals surface area contributed by atoms with Crippen LogP contribution in [0, 0.1) is 0 Å². The van der Waals surface area contributed by atoms with Gasteiger partial charge in [0.1, 0.15) is 15.9 Å². The van der Waals surface area contributed by atoms with Gasteiger partial charge in [0.2, 0.25) is 0 Å². The Hall–Kier alpha value is 0.668. The zero-order chi connectivity index (χ0) is 16.9. The molecule has 0 aromatic rings. The van der Waals surface area contributed by atoms with Crippen molar-refractivity contribution in [3.63, 3.8) is 0 Å². The van der Waals surface area contributed by atoms with Crippen molar-refractivity contribution in [3.05, 3.63) is 0 Å². The van der Waals surface area contributed by atoms with Crippen LogP contribution in [0.4, 0.5) is 0 Å². The Kier molecular flexibility index (Phi) is 8.16.